The van der Waals surface area contributed by atoms with E-state index in [0.717, 1.165) is 5.56 Å². The lowest BCUT2D eigenvalue weighted by Crippen LogP contribution is -2.08. The van der Waals surface area contributed by atoms with Crippen molar-refractivity contribution in [3.05, 3.63) is 70.2 Å². The maximum atomic E-state index is 12.4. The van der Waals surface area contributed by atoms with Crippen LogP contribution in [0.5, 0.6) is 0 Å². The van der Waals surface area contributed by atoms with Crippen LogP contribution in [0.3, 0.4) is 0 Å². The Kier molecular flexibility index (Phi) is 4.06. The van der Waals surface area contributed by atoms with Crippen LogP contribution in [0.1, 0.15) is 39.6 Å². The Labute approximate surface area is 134 Å². The van der Waals surface area contributed by atoms with Crippen LogP contribution in [-0.2, 0) is 9.84 Å². The fraction of sp³-hybridized carbons (Fsp3) is 0.235. The number of ketones is 1. The second-order valence-electron chi connectivity index (χ2n) is 5.46. The summed E-state index contributed by atoms with van der Waals surface area (Å²) >= 11 is 5.81. The van der Waals surface area contributed by atoms with Crippen molar-refractivity contribution in [1.29, 1.82) is 0 Å². The zero-order valence-electron chi connectivity index (χ0n) is 11.8. The Morgan fingerprint density at radius 3 is 2.00 bits per heavy atom. The molecule has 1 unspecified atom stereocenters. The van der Waals surface area contributed by atoms with E-state index in [-0.39, 0.29) is 11.5 Å². The third kappa shape index (κ3) is 2.94. The molecule has 0 amide bonds. The van der Waals surface area contributed by atoms with Crippen LogP contribution in [0.4, 0.5) is 0 Å². The third-order valence-electron chi connectivity index (χ3n) is 3.98. The molecule has 3 nitrogen and oxygen atoms in total. The minimum atomic E-state index is -3.03. The van der Waals surface area contributed by atoms with E-state index in [1.54, 1.807) is 48.5 Å². The molecule has 1 fully saturated rings. The van der Waals surface area contributed by atoms with Gasteiger partial charge in [-0.3, -0.25) is 4.79 Å². The highest BCUT2D eigenvalue weighted by molar-refractivity contribution is 7.91. The van der Waals surface area contributed by atoms with E-state index in [1.165, 1.54) is 0 Å². The van der Waals surface area contributed by atoms with Crippen molar-refractivity contribution in [3.8, 4) is 0 Å². The summed E-state index contributed by atoms with van der Waals surface area (Å²) in [6.45, 7) is 0. The van der Waals surface area contributed by atoms with E-state index in [9.17, 15) is 13.2 Å². The van der Waals surface area contributed by atoms with Crippen LogP contribution < -0.4 is 0 Å². The quantitative estimate of drug-likeness (QED) is 0.802. The molecule has 0 aromatic heterocycles. The van der Waals surface area contributed by atoms with Gasteiger partial charge >= 0.3 is 0 Å². The molecule has 1 aliphatic rings. The molecule has 0 aliphatic carbocycles. The van der Waals surface area contributed by atoms with Crippen LogP contribution in [0.2, 0.25) is 5.02 Å². The van der Waals surface area contributed by atoms with Gasteiger partial charge in [0.15, 0.2) is 15.6 Å². The Balaban J connectivity index is 1.85. The number of hydrogen-bond donors (Lipinski definition) is 0. The monoisotopic (exact) mass is 334 g/mol. The van der Waals surface area contributed by atoms with Crippen LogP contribution in [-0.4, -0.2) is 20.0 Å². The lowest BCUT2D eigenvalue weighted by molar-refractivity contribution is 0.103. The fourth-order valence-electron chi connectivity index (χ4n) is 2.78. The number of carbonyl (C=O) groups is 1. The van der Waals surface area contributed by atoms with Gasteiger partial charge in [0.1, 0.15) is 0 Å². The molecular formula is C17H15ClO3S. The number of halogens is 1. The zero-order valence-corrected chi connectivity index (χ0v) is 13.4. The normalized spacial score (nSPS) is 20.0. The molecule has 22 heavy (non-hydrogen) atoms. The highest BCUT2D eigenvalue weighted by Crippen LogP contribution is 2.34. The molecule has 0 N–H and O–H groups in total. The summed E-state index contributed by atoms with van der Waals surface area (Å²) in [6, 6.07) is 13.6. The number of sulfone groups is 1. The summed E-state index contributed by atoms with van der Waals surface area (Å²) < 4.78 is 23.9. The second-order valence-corrected chi connectivity index (χ2v) is 8.20. The lowest BCUT2D eigenvalue weighted by Gasteiger charge is -2.10. The van der Waals surface area contributed by atoms with E-state index in [4.69, 9.17) is 11.6 Å². The van der Waals surface area contributed by atoms with Gasteiger partial charge in [0.25, 0.3) is 0 Å². The Morgan fingerprint density at radius 2 is 1.50 bits per heavy atom. The van der Waals surface area contributed by atoms with Crippen LogP contribution in [0.25, 0.3) is 0 Å². The summed E-state index contributed by atoms with van der Waals surface area (Å²) in [5, 5.41) is 0.158. The molecule has 114 valence electrons. The summed E-state index contributed by atoms with van der Waals surface area (Å²) in [5.41, 5.74) is 1.87. The first-order valence-corrected chi connectivity index (χ1v) is 9.18. The largest absolute Gasteiger partial charge is 0.289 e. The minimum Gasteiger partial charge on any atom is -0.289 e. The number of benzene rings is 2. The van der Waals surface area contributed by atoms with Crippen molar-refractivity contribution in [3.63, 3.8) is 0 Å². The Morgan fingerprint density at radius 1 is 0.955 bits per heavy atom. The maximum absolute atomic E-state index is 12.4. The highest BCUT2D eigenvalue weighted by Gasteiger charge is 2.32. The van der Waals surface area contributed by atoms with E-state index < -0.39 is 15.1 Å². The zero-order chi connectivity index (χ0) is 15.7. The first kappa shape index (κ1) is 15.3. The molecule has 5 heteroatoms. The SMILES string of the molecule is O=C(c1ccc(Cl)cc1)c1ccc(C2CCCS2(=O)=O)cc1. The predicted octanol–water partition coefficient (Wildman–Crippen LogP) is 3.82. The number of hydrogen-bond acceptors (Lipinski definition) is 3. The van der Waals surface area contributed by atoms with Gasteiger partial charge in [0, 0.05) is 16.1 Å². The summed E-state index contributed by atoms with van der Waals surface area (Å²) in [4.78, 5) is 12.4. The third-order valence-corrected chi connectivity index (χ3v) is 6.46. The van der Waals surface area contributed by atoms with Crippen molar-refractivity contribution in [2.45, 2.75) is 18.1 Å². The highest BCUT2D eigenvalue weighted by atomic mass is 35.5. The average Bonchev–Trinajstić information content (AvgIpc) is 2.87. The van der Waals surface area contributed by atoms with Crippen molar-refractivity contribution in [2.75, 3.05) is 5.75 Å². The van der Waals surface area contributed by atoms with Crippen molar-refractivity contribution in [1.82, 2.24) is 0 Å². The first-order chi connectivity index (χ1) is 10.5. The van der Waals surface area contributed by atoms with E-state index in [0.29, 0.717) is 29.0 Å². The molecule has 2 aromatic rings. The molecular weight excluding hydrogens is 320 g/mol. The van der Waals surface area contributed by atoms with Crippen LogP contribution in [0.15, 0.2) is 48.5 Å². The molecule has 0 bridgehead atoms. The van der Waals surface area contributed by atoms with Gasteiger partial charge in [-0.15, -0.1) is 0 Å². The standard InChI is InChI=1S/C17H15ClO3S/c18-15-9-7-14(8-10-15)17(19)13-5-3-12(4-6-13)16-2-1-11-22(16,20)21/h3-10,16H,1-2,11H2. The molecule has 1 heterocycles. The molecule has 1 aliphatic heterocycles. The molecule has 3 rings (SSSR count). The fourth-order valence-corrected chi connectivity index (χ4v) is 4.86. The molecule has 0 radical (unpaired) electrons. The molecule has 2 aromatic carbocycles. The number of rotatable bonds is 3. The topological polar surface area (TPSA) is 51.2 Å². The van der Waals surface area contributed by atoms with Gasteiger partial charge in [0.2, 0.25) is 0 Å². The van der Waals surface area contributed by atoms with E-state index in [1.807, 2.05) is 0 Å². The van der Waals surface area contributed by atoms with Gasteiger partial charge in [-0.2, -0.15) is 0 Å². The van der Waals surface area contributed by atoms with Crippen molar-refractivity contribution < 1.29 is 13.2 Å². The van der Waals surface area contributed by atoms with Crippen molar-refractivity contribution >= 4 is 27.2 Å². The summed E-state index contributed by atoms with van der Waals surface area (Å²) in [5.74, 6) is 0.154. The lowest BCUT2D eigenvalue weighted by atomic mass is 10.0. The van der Waals surface area contributed by atoms with E-state index >= 15 is 0 Å². The van der Waals surface area contributed by atoms with Gasteiger partial charge in [-0.1, -0.05) is 35.9 Å². The van der Waals surface area contributed by atoms with Gasteiger partial charge < -0.3 is 0 Å². The predicted molar refractivity (Wildman–Crippen MR) is 87.1 cm³/mol. The van der Waals surface area contributed by atoms with Crippen LogP contribution in [0, 0.1) is 0 Å². The molecule has 1 atom stereocenters. The summed E-state index contributed by atoms with van der Waals surface area (Å²) in [7, 11) is -3.03. The maximum Gasteiger partial charge on any atom is 0.193 e. The molecule has 1 saturated heterocycles. The first-order valence-electron chi connectivity index (χ1n) is 7.09. The minimum absolute atomic E-state index is 0.0995. The van der Waals surface area contributed by atoms with Gasteiger partial charge in [-0.05, 0) is 42.7 Å². The molecule has 0 spiro atoms. The Hall–Kier alpha value is -1.65. The molecule has 0 saturated carbocycles. The van der Waals surface area contributed by atoms with Crippen LogP contribution >= 0.6 is 11.6 Å². The van der Waals surface area contributed by atoms with Gasteiger partial charge in [-0.25, -0.2) is 8.42 Å². The number of carbonyl (C=O) groups excluding carboxylic acids is 1. The second kappa shape index (κ2) is 5.86. The van der Waals surface area contributed by atoms with Gasteiger partial charge in [0.05, 0.1) is 11.0 Å². The van der Waals surface area contributed by atoms with Crippen molar-refractivity contribution in [2.24, 2.45) is 0 Å². The van der Waals surface area contributed by atoms with E-state index in [2.05, 4.69) is 0 Å². The smallest absolute Gasteiger partial charge is 0.193 e. The summed E-state index contributed by atoms with van der Waals surface area (Å²) in [6.07, 6.45) is 1.37. The Bertz CT molecular complexity index is 793. The average molecular weight is 335 g/mol.